The summed E-state index contributed by atoms with van der Waals surface area (Å²) >= 11 is 6.53. The molecule has 4 amide bonds. The minimum Gasteiger partial charge on any atom is -0.490 e. The van der Waals surface area contributed by atoms with Crippen molar-refractivity contribution in [2.75, 3.05) is 11.5 Å². The van der Waals surface area contributed by atoms with Gasteiger partial charge in [0.25, 0.3) is 11.8 Å². The Bertz CT molecular complexity index is 1350. The third kappa shape index (κ3) is 5.42. The maximum absolute atomic E-state index is 13.2. The molecule has 4 rings (SSSR count). The van der Waals surface area contributed by atoms with Crippen LogP contribution in [-0.4, -0.2) is 24.5 Å². The van der Waals surface area contributed by atoms with E-state index in [2.05, 4.69) is 5.32 Å². The van der Waals surface area contributed by atoms with Gasteiger partial charge in [-0.2, -0.15) is 0 Å². The predicted octanol–water partition coefficient (Wildman–Crippen LogP) is 5.60. The first-order valence-corrected chi connectivity index (χ1v) is 11.8. The second-order valence-electron chi connectivity index (χ2n) is 8.33. The van der Waals surface area contributed by atoms with Crippen molar-refractivity contribution in [1.82, 2.24) is 5.32 Å². The van der Waals surface area contributed by atoms with Crippen LogP contribution in [0, 0.1) is 13.8 Å². The highest BCUT2D eigenvalue weighted by atomic mass is 35.5. The lowest BCUT2D eigenvalue weighted by molar-refractivity contribution is -0.122. The first-order chi connectivity index (χ1) is 17.3. The van der Waals surface area contributed by atoms with E-state index in [1.165, 1.54) is 6.08 Å². The fraction of sp³-hybridized carbons (Fsp3) is 0.179. The van der Waals surface area contributed by atoms with Gasteiger partial charge in [0.15, 0.2) is 11.5 Å². The zero-order valence-corrected chi connectivity index (χ0v) is 20.9. The van der Waals surface area contributed by atoms with Gasteiger partial charge in [-0.3, -0.25) is 14.9 Å². The number of amides is 4. The number of hydrogen-bond donors (Lipinski definition) is 1. The molecule has 8 heteroatoms. The van der Waals surface area contributed by atoms with Crippen molar-refractivity contribution in [3.63, 3.8) is 0 Å². The van der Waals surface area contributed by atoms with Crippen LogP contribution in [0.15, 0.2) is 66.2 Å². The molecule has 1 fully saturated rings. The maximum Gasteiger partial charge on any atom is 0.335 e. The Morgan fingerprint density at radius 3 is 2.19 bits per heavy atom. The van der Waals surface area contributed by atoms with Crippen LogP contribution in [0.5, 0.6) is 11.5 Å². The molecular formula is C28H25ClN2O5. The van der Waals surface area contributed by atoms with Gasteiger partial charge in [-0.1, -0.05) is 59.1 Å². The van der Waals surface area contributed by atoms with E-state index < -0.39 is 17.8 Å². The second-order valence-corrected chi connectivity index (χ2v) is 8.74. The first kappa shape index (κ1) is 25.0. The molecule has 1 saturated heterocycles. The molecule has 0 aromatic heterocycles. The van der Waals surface area contributed by atoms with E-state index in [0.29, 0.717) is 29.4 Å². The van der Waals surface area contributed by atoms with Crippen molar-refractivity contribution in [3.8, 4) is 11.5 Å². The molecule has 0 atom stereocenters. The van der Waals surface area contributed by atoms with Crippen LogP contribution in [0.3, 0.4) is 0 Å². The molecule has 7 nitrogen and oxygen atoms in total. The third-order valence-corrected chi connectivity index (χ3v) is 5.82. The van der Waals surface area contributed by atoms with Gasteiger partial charge in [0.2, 0.25) is 0 Å². The van der Waals surface area contributed by atoms with Gasteiger partial charge in [-0.25, -0.2) is 9.69 Å². The molecule has 1 aliphatic heterocycles. The molecule has 0 bridgehead atoms. The SMILES string of the molecule is CCOc1cc(/C=C2\C(=O)NC(=O)N(c3ccc(C)cc3)C2=O)cc(Cl)c1OCc1ccc(C)cc1. The number of aryl methyl sites for hydroxylation is 2. The fourth-order valence-corrected chi connectivity index (χ4v) is 3.94. The van der Waals surface area contributed by atoms with Gasteiger partial charge in [-0.15, -0.1) is 0 Å². The highest BCUT2D eigenvalue weighted by Crippen LogP contribution is 2.38. The first-order valence-electron chi connectivity index (χ1n) is 11.4. The summed E-state index contributed by atoms with van der Waals surface area (Å²) in [5.74, 6) is -0.792. The Kier molecular flexibility index (Phi) is 7.41. The van der Waals surface area contributed by atoms with Crippen LogP contribution < -0.4 is 19.7 Å². The van der Waals surface area contributed by atoms with E-state index in [1.807, 2.05) is 45.0 Å². The molecule has 0 aliphatic carbocycles. The molecule has 0 saturated carbocycles. The maximum atomic E-state index is 13.2. The molecule has 0 radical (unpaired) electrons. The van der Waals surface area contributed by atoms with E-state index >= 15 is 0 Å². The van der Waals surface area contributed by atoms with Gasteiger partial charge in [0, 0.05) is 0 Å². The number of rotatable bonds is 7. The molecule has 1 N–H and O–H groups in total. The van der Waals surface area contributed by atoms with E-state index in [1.54, 1.807) is 36.4 Å². The minimum absolute atomic E-state index is 0.206. The standard InChI is InChI=1S/C28H25ClN2O5/c1-4-35-24-15-20(14-23(29)25(24)36-16-19-9-5-17(2)6-10-19)13-22-26(32)30-28(34)31(27(22)33)21-11-7-18(3)8-12-21/h5-15H,4,16H2,1-3H3,(H,30,32,34)/b22-13+. The van der Waals surface area contributed by atoms with Crippen molar-refractivity contribution >= 4 is 41.2 Å². The number of ether oxygens (including phenoxy) is 2. The van der Waals surface area contributed by atoms with Crippen molar-refractivity contribution in [1.29, 1.82) is 0 Å². The number of urea groups is 1. The Hall–Kier alpha value is -4.10. The fourth-order valence-electron chi connectivity index (χ4n) is 3.67. The topological polar surface area (TPSA) is 84.9 Å². The number of nitrogens with one attached hydrogen (secondary N) is 1. The number of halogens is 1. The van der Waals surface area contributed by atoms with Crippen LogP contribution in [-0.2, 0) is 16.2 Å². The van der Waals surface area contributed by atoms with Crippen LogP contribution in [0.25, 0.3) is 6.08 Å². The Morgan fingerprint density at radius 1 is 0.917 bits per heavy atom. The number of benzene rings is 3. The lowest BCUT2D eigenvalue weighted by Crippen LogP contribution is -2.54. The summed E-state index contributed by atoms with van der Waals surface area (Å²) in [5.41, 5.74) is 3.68. The molecule has 3 aromatic rings. The summed E-state index contributed by atoms with van der Waals surface area (Å²) in [6, 6.07) is 17.2. The third-order valence-electron chi connectivity index (χ3n) is 5.54. The lowest BCUT2D eigenvalue weighted by atomic mass is 10.1. The highest BCUT2D eigenvalue weighted by Gasteiger charge is 2.36. The predicted molar refractivity (Wildman–Crippen MR) is 138 cm³/mol. The molecule has 184 valence electrons. The van der Waals surface area contributed by atoms with Gasteiger partial charge in [0.1, 0.15) is 12.2 Å². The zero-order valence-electron chi connectivity index (χ0n) is 20.1. The summed E-state index contributed by atoms with van der Waals surface area (Å²) in [4.78, 5) is 39.1. The van der Waals surface area contributed by atoms with Gasteiger partial charge in [-0.05, 0) is 62.2 Å². The molecular weight excluding hydrogens is 480 g/mol. The van der Waals surface area contributed by atoms with E-state index in [-0.39, 0.29) is 17.2 Å². The Morgan fingerprint density at radius 2 is 1.56 bits per heavy atom. The number of anilines is 1. The molecule has 3 aromatic carbocycles. The van der Waals surface area contributed by atoms with Gasteiger partial charge in [0.05, 0.1) is 17.3 Å². The molecule has 1 aliphatic rings. The smallest absolute Gasteiger partial charge is 0.335 e. The van der Waals surface area contributed by atoms with Crippen LogP contribution in [0.4, 0.5) is 10.5 Å². The normalized spacial score (nSPS) is 14.7. The molecule has 1 heterocycles. The average Bonchev–Trinajstić information content (AvgIpc) is 2.83. The number of imide groups is 2. The van der Waals surface area contributed by atoms with Gasteiger partial charge >= 0.3 is 6.03 Å². The van der Waals surface area contributed by atoms with Crippen LogP contribution in [0.2, 0.25) is 5.02 Å². The number of nitrogens with zero attached hydrogens (tertiary/aromatic N) is 1. The zero-order chi connectivity index (χ0) is 25.8. The van der Waals surface area contributed by atoms with Crippen molar-refractivity contribution in [3.05, 3.63) is 93.5 Å². The minimum atomic E-state index is -0.807. The second kappa shape index (κ2) is 10.7. The quantitative estimate of drug-likeness (QED) is 0.334. The van der Waals surface area contributed by atoms with Crippen LogP contribution >= 0.6 is 11.6 Å². The van der Waals surface area contributed by atoms with Crippen LogP contribution in [0.1, 0.15) is 29.2 Å². The van der Waals surface area contributed by atoms with E-state index in [0.717, 1.165) is 21.6 Å². The van der Waals surface area contributed by atoms with Gasteiger partial charge < -0.3 is 9.47 Å². The monoisotopic (exact) mass is 504 g/mol. The summed E-state index contributed by atoms with van der Waals surface area (Å²) in [7, 11) is 0. The highest BCUT2D eigenvalue weighted by molar-refractivity contribution is 6.39. The number of carbonyl (C=O) groups excluding carboxylic acids is 3. The Labute approximate surface area is 214 Å². The number of carbonyl (C=O) groups is 3. The summed E-state index contributed by atoms with van der Waals surface area (Å²) in [5, 5.41) is 2.48. The summed E-state index contributed by atoms with van der Waals surface area (Å²) in [6.45, 7) is 6.37. The summed E-state index contributed by atoms with van der Waals surface area (Å²) < 4.78 is 11.7. The number of hydrogen-bond acceptors (Lipinski definition) is 5. The van der Waals surface area contributed by atoms with E-state index in [4.69, 9.17) is 21.1 Å². The number of barbiturate groups is 1. The lowest BCUT2D eigenvalue weighted by Gasteiger charge is -2.26. The molecule has 36 heavy (non-hydrogen) atoms. The largest absolute Gasteiger partial charge is 0.490 e. The van der Waals surface area contributed by atoms with Crippen molar-refractivity contribution < 1.29 is 23.9 Å². The van der Waals surface area contributed by atoms with Crippen molar-refractivity contribution in [2.24, 2.45) is 0 Å². The van der Waals surface area contributed by atoms with Crippen molar-refractivity contribution in [2.45, 2.75) is 27.4 Å². The summed E-state index contributed by atoms with van der Waals surface area (Å²) in [6.07, 6.45) is 1.38. The Balaban J connectivity index is 1.65. The molecule has 0 spiro atoms. The average molecular weight is 505 g/mol. The molecule has 0 unspecified atom stereocenters. The van der Waals surface area contributed by atoms with E-state index in [9.17, 15) is 14.4 Å².